The molecule has 0 bridgehead atoms. The first-order valence-electron chi connectivity index (χ1n) is 8.13. The van der Waals surface area contributed by atoms with Gasteiger partial charge in [0.1, 0.15) is 0 Å². The Morgan fingerprint density at radius 2 is 1.73 bits per heavy atom. The third-order valence-corrected chi connectivity index (χ3v) is 4.22. The van der Waals surface area contributed by atoms with E-state index >= 15 is 0 Å². The summed E-state index contributed by atoms with van der Waals surface area (Å²) >= 11 is 1.66. The lowest BCUT2D eigenvalue weighted by Gasteiger charge is -2.07. The molecule has 0 N–H and O–H groups in total. The maximum absolute atomic E-state index is 4.94. The molecule has 0 aliphatic heterocycles. The molecule has 0 atom stereocenters. The minimum Gasteiger partial charge on any atom is -0.258 e. The van der Waals surface area contributed by atoms with Crippen molar-refractivity contribution in [2.45, 2.75) is 46.5 Å². The predicted molar refractivity (Wildman–Crippen MR) is 96.5 cm³/mol. The van der Waals surface area contributed by atoms with E-state index < -0.39 is 0 Å². The summed E-state index contributed by atoms with van der Waals surface area (Å²) in [6, 6.07) is 10.4. The largest absolute Gasteiger partial charge is 0.258 e. The Kier molecular flexibility index (Phi) is 6.59. The van der Waals surface area contributed by atoms with E-state index in [1.807, 2.05) is 10.7 Å². The zero-order chi connectivity index (χ0) is 15.8. The monoisotopic (exact) mass is 315 g/mol. The Balaban J connectivity index is 2.54. The summed E-state index contributed by atoms with van der Waals surface area (Å²) in [7, 11) is 0. The molecular weight excluding hydrogens is 290 g/mol. The van der Waals surface area contributed by atoms with Crippen molar-refractivity contribution in [3.05, 3.63) is 40.5 Å². The third kappa shape index (κ3) is 4.17. The van der Waals surface area contributed by atoms with Crippen LogP contribution >= 0.6 is 11.3 Å². The molecule has 2 aromatic rings. The van der Waals surface area contributed by atoms with Gasteiger partial charge in [0.05, 0.1) is 5.69 Å². The van der Waals surface area contributed by atoms with E-state index in [2.05, 4.69) is 55.4 Å². The molecule has 0 fully saturated rings. The molecule has 118 valence electrons. The van der Waals surface area contributed by atoms with Crippen molar-refractivity contribution >= 4 is 17.0 Å². The Bertz CT molecular complexity index is 657. The van der Waals surface area contributed by atoms with Crippen LogP contribution in [-0.2, 0) is 0 Å². The fraction of sp³-hybridized carbons (Fsp3) is 0.444. The van der Waals surface area contributed by atoms with Crippen molar-refractivity contribution in [3.63, 3.8) is 0 Å². The van der Waals surface area contributed by atoms with Gasteiger partial charge in [0.2, 0.25) is 4.80 Å². The first-order chi connectivity index (χ1) is 10.8. The molecule has 1 aromatic heterocycles. The Morgan fingerprint density at radius 1 is 1.05 bits per heavy atom. The molecule has 2 rings (SSSR count). The van der Waals surface area contributed by atoms with Gasteiger partial charge in [-0.15, -0.1) is 11.3 Å². The molecule has 1 aromatic carbocycles. The van der Waals surface area contributed by atoms with Crippen LogP contribution in [-0.4, -0.2) is 16.9 Å². The van der Waals surface area contributed by atoms with Crippen molar-refractivity contribution in [1.82, 2.24) is 4.68 Å². The van der Waals surface area contributed by atoms with Gasteiger partial charge in [0.15, 0.2) is 0 Å². The molecule has 0 aliphatic carbocycles. The number of rotatable bonds is 7. The first-order valence-corrected chi connectivity index (χ1v) is 9.01. The summed E-state index contributed by atoms with van der Waals surface area (Å²) in [6.45, 7) is 7.26. The van der Waals surface area contributed by atoms with E-state index in [0.717, 1.165) is 42.7 Å². The van der Waals surface area contributed by atoms with Crippen molar-refractivity contribution < 1.29 is 0 Å². The van der Waals surface area contributed by atoms with Crippen LogP contribution in [0.5, 0.6) is 0 Å². The molecule has 22 heavy (non-hydrogen) atoms. The van der Waals surface area contributed by atoms with E-state index in [1.165, 1.54) is 11.3 Å². The number of hydrogen-bond donors (Lipinski definition) is 0. The van der Waals surface area contributed by atoms with Crippen LogP contribution in [0.3, 0.4) is 0 Å². The average Bonchev–Trinajstić information content (AvgIpc) is 2.92. The number of aromatic nitrogens is 1. The standard InChI is InChI=1S/C18H25N3S/c1-4-10-16(11-5-2)20-21-17(14-22-18(21)19-6-3)15-12-8-7-9-13-15/h7-9,12-14H,4-6,10-11H2,1-3H3. The van der Waals surface area contributed by atoms with Crippen molar-refractivity contribution in [1.29, 1.82) is 0 Å². The maximum Gasteiger partial charge on any atom is 0.206 e. The fourth-order valence-corrected chi connectivity index (χ4v) is 3.29. The van der Waals surface area contributed by atoms with Gasteiger partial charge in [-0.3, -0.25) is 4.99 Å². The molecular formula is C18H25N3S. The summed E-state index contributed by atoms with van der Waals surface area (Å²) in [5.41, 5.74) is 3.58. The zero-order valence-electron chi connectivity index (χ0n) is 13.7. The van der Waals surface area contributed by atoms with Gasteiger partial charge in [0, 0.05) is 23.2 Å². The summed E-state index contributed by atoms with van der Waals surface area (Å²) in [4.78, 5) is 5.58. The lowest BCUT2D eigenvalue weighted by molar-refractivity contribution is 0.798. The third-order valence-electron chi connectivity index (χ3n) is 3.37. The highest BCUT2D eigenvalue weighted by atomic mass is 32.1. The Labute approximate surface area is 137 Å². The van der Waals surface area contributed by atoms with Crippen molar-refractivity contribution in [3.8, 4) is 11.3 Å². The van der Waals surface area contributed by atoms with Gasteiger partial charge < -0.3 is 0 Å². The average molecular weight is 315 g/mol. The molecule has 0 amide bonds. The summed E-state index contributed by atoms with van der Waals surface area (Å²) in [5, 5.41) is 7.10. The Hall–Kier alpha value is -1.68. The minimum atomic E-state index is 0.779. The van der Waals surface area contributed by atoms with Crippen LogP contribution in [0, 0.1) is 0 Å². The van der Waals surface area contributed by atoms with E-state index in [0.29, 0.717) is 0 Å². The summed E-state index contributed by atoms with van der Waals surface area (Å²) in [6.07, 6.45) is 4.36. The number of thiazole rings is 1. The maximum atomic E-state index is 4.94. The van der Waals surface area contributed by atoms with E-state index in [1.54, 1.807) is 11.3 Å². The Morgan fingerprint density at radius 3 is 2.32 bits per heavy atom. The molecule has 0 radical (unpaired) electrons. The quantitative estimate of drug-likeness (QED) is 0.648. The SMILES string of the molecule is CCCC(CCC)=Nn1c(-c2ccccc2)csc1=NCC. The van der Waals surface area contributed by atoms with Crippen LogP contribution < -0.4 is 4.80 Å². The summed E-state index contributed by atoms with van der Waals surface area (Å²) < 4.78 is 2.03. The second kappa shape index (κ2) is 8.69. The van der Waals surface area contributed by atoms with Crippen molar-refractivity contribution in [2.24, 2.45) is 10.1 Å². The van der Waals surface area contributed by atoms with Crippen LogP contribution in [0.2, 0.25) is 0 Å². The molecule has 0 saturated carbocycles. The highest BCUT2D eigenvalue weighted by Crippen LogP contribution is 2.20. The van der Waals surface area contributed by atoms with Crippen molar-refractivity contribution in [2.75, 3.05) is 6.54 Å². The van der Waals surface area contributed by atoms with Gasteiger partial charge in [-0.2, -0.15) is 5.10 Å². The molecule has 0 aliphatic rings. The fourth-order valence-electron chi connectivity index (χ4n) is 2.39. The zero-order valence-corrected chi connectivity index (χ0v) is 14.6. The van der Waals surface area contributed by atoms with Crippen LogP contribution in [0.4, 0.5) is 0 Å². The van der Waals surface area contributed by atoms with Gasteiger partial charge in [0.25, 0.3) is 0 Å². The van der Waals surface area contributed by atoms with E-state index in [9.17, 15) is 0 Å². The lowest BCUT2D eigenvalue weighted by Crippen LogP contribution is -2.15. The van der Waals surface area contributed by atoms with Gasteiger partial charge >= 0.3 is 0 Å². The van der Waals surface area contributed by atoms with Crippen LogP contribution in [0.1, 0.15) is 46.5 Å². The highest BCUT2D eigenvalue weighted by molar-refractivity contribution is 7.07. The minimum absolute atomic E-state index is 0.779. The second-order valence-electron chi connectivity index (χ2n) is 5.22. The molecule has 4 heteroatoms. The highest BCUT2D eigenvalue weighted by Gasteiger charge is 2.08. The molecule has 0 spiro atoms. The summed E-state index contributed by atoms with van der Waals surface area (Å²) in [5.74, 6) is 0. The smallest absolute Gasteiger partial charge is 0.206 e. The first kappa shape index (κ1) is 16.7. The molecule has 1 heterocycles. The number of hydrogen-bond acceptors (Lipinski definition) is 3. The topological polar surface area (TPSA) is 29.6 Å². The molecule has 0 saturated heterocycles. The van der Waals surface area contributed by atoms with Gasteiger partial charge in [-0.25, -0.2) is 4.68 Å². The van der Waals surface area contributed by atoms with Crippen LogP contribution in [0.15, 0.2) is 45.8 Å². The van der Waals surface area contributed by atoms with Crippen LogP contribution in [0.25, 0.3) is 11.3 Å². The number of benzene rings is 1. The molecule has 0 unspecified atom stereocenters. The predicted octanol–water partition coefficient (Wildman–Crippen LogP) is 4.94. The number of nitrogens with zero attached hydrogens (tertiary/aromatic N) is 3. The van der Waals surface area contributed by atoms with Gasteiger partial charge in [-0.1, -0.05) is 57.0 Å². The van der Waals surface area contributed by atoms with E-state index in [-0.39, 0.29) is 0 Å². The lowest BCUT2D eigenvalue weighted by atomic mass is 10.1. The van der Waals surface area contributed by atoms with Gasteiger partial charge in [-0.05, 0) is 19.8 Å². The van der Waals surface area contributed by atoms with E-state index in [4.69, 9.17) is 5.10 Å². The second-order valence-corrected chi connectivity index (χ2v) is 6.06. The molecule has 3 nitrogen and oxygen atoms in total. The normalized spacial score (nSPS) is 11.7.